The van der Waals surface area contributed by atoms with Gasteiger partial charge < -0.3 is 15.2 Å². The number of hydrogen-bond acceptors (Lipinski definition) is 4. The molecule has 0 radical (unpaired) electrons. The fourth-order valence-electron chi connectivity index (χ4n) is 2.00. The van der Waals surface area contributed by atoms with E-state index >= 15 is 0 Å². The number of carbonyl (C=O) groups excluding carboxylic acids is 1. The van der Waals surface area contributed by atoms with Crippen molar-refractivity contribution in [1.82, 2.24) is 0 Å². The summed E-state index contributed by atoms with van der Waals surface area (Å²) < 4.78 is 10.2. The van der Waals surface area contributed by atoms with Gasteiger partial charge in [-0.15, -0.1) is 0 Å². The quantitative estimate of drug-likeness (QED) is 0.713. The maximum Gasteiger partial charge on any atom is 0.309 e. The molecule has 1 fully saturated rings. The summed E-state index contributed by atoms with van der Waals surface area (Å²) in [6, 6.07) is 0.161. The van der Waals surface area contributed by atoms with E-state index in [1.54, 1.807) is 7.11 Å². The number of carbonyl (C=O) groups is 1. The molecule has 4 nitrogen and oxygen atoms in total. The lowest BCUT2D eigenvalue weighted by Crippen LogP contribution is -2.34. The molecule has 1 rings (SSSR count). The Kier molecular flexibility index (Phi) is 5.05. The molecular formula is C11H21NO3. The molecule has 4 heteroatoms. The molecule has 0 amide bonds. The van der Waals surface area contributed by atoms with Gasteiger partial charge in [-0.05, 0) is 26.2 Å². The predicted molar refractivity (Wildman–Crippen MR) is 57.4 cm³/mol. The van der Waals surface area contributed by atoms with Crippen molar-refractivity contribution in [2.45, 2.75) is 44.8 Å². The van der Waals surface area contributed by atoms with E-state index in [9.17, 15) is 4.79 Å². The lowest BCUT2D eigenvalue weighted by Gasteiger charge is -2.26. The van der Waals surface area contributed by atoms with Crippen LogP contribution in [0.4, 0.5) is 0 Å². The Labute approximate surface area is 91.1 Å². The highest BCUT2D eigenvalue weighted by atomic mass is 16.6. The third-order valence-electron chi connectivity index (χ3n) is 2.77. The van der Waals surface area contributed by atoms with Gasteiger partial charge in [0.05, 0.1) is 12.5 Å². The van der Waals surface area contributed by atoms with Crippen LogP contribution in [0.5, 0.6) is 0 Å². The molecule has 0 aromatic carbocycles. The summed E-state index contributed by atoms with van der Waals surface area (Å²) in [7, 11) is 1.60. The highest BCUT2D eigenvalue weighted by Gasteiger charge is 2.27. The van der Waals surface area contributed by atoms with Gasteiger partial charge in [-0.3, -0.25) is 4.79 Å². The minimum atomic E-state index is -0.166. The second-order valence-electron chi connectivity index (χ2n) is 4.33. The summed E-state index contributed by atoms with van der Waals surface area (Å²) in [6.45, 7) is 2.29. The molecule has 3 unspecified atom stereocenters. The smallest absolute Gasteiger partial charge is 0.309 e. The van der Waals surface area contributed by atoms with E-state index in [1.807, 2.05) is 6.92 Å². The van der Waals surface area contributed by atoms with Gasteiger partial charge >= 0.3 is 5.97 Å². The topological polar surface area (TPSA) is 61.5 Å². The van der Waals surface area contributed by atoms with E-state index in [0.29, 0.717) is 6.61 Å². The third kappa shape index (κ3) is 4.18. The molecule has 1 aliphatic carbocycles. The zero-order valence-electron chi connectivity index (χ0n) is 9.57. The Balaban J connectivity index is 2.32. The maximum absolute atomic E-state index is 11.7. The molecule has 1 saturated carbocycles. The fraction of sp³-hybridized carbons (Fsp3) is 0.909. The summed E-state index contributed by atoms with van der Waals surface area (Å²) >= 11 is 0. The van der Waals surface area contributed by atoms with Gasteiger partial charge in [0.15, 0.2) is 0 Å². The molecule has 2 N–H and O–H groups in total. The number of ether oxygens (including phenoxy) is 2. The first-order valence-electron chi connectivity index (χ1n) is 5.58. The largest absolute Gasteiger partial charge is 0.460 e. The van der Waals surface area contributed by atoms with Crippen molar-refractivity contribution in [2.75, 3.05) is 13.7 Å². The summed E-state index contributed by atoms with van der Waals surface area (Å²) in [5, 5.41) is 0. The van der Waals surface area contributed by atoms with Crippen LogP contribution >= 0.6 is 0 Å². The van der Waals surface area contributed by atoms with Crippen LogP contribution in [0.3, 0.4) is 0 Å². The monoisotopic (exact) mass is 215 g/mol. The summed E-state index contributed by atoms with van der Waals surface area (Å²) in [5.41, 5.74) is 5.82. The maximum atomic E-state index is 11.7. The van der Waals surface area contributed by atoms with Crippen molar-refractivity contribution in [3.8, 4) is 0 Å². The third-order valence-corrected chi connectivity index (χ3v) is 2.77. The van der Waals surface area contributed by atoms with E-state index in [2.05, 4.69) is 0 Å². The Morgan fingerprint density at radius 2 is 2.27 bits per heavy atom. The van der Waals surface area contributed by atoms with Gasteiger partial charge in [0, 0.05) is 13.2 Å². The van der Waals surface area contributed by atoms with Crippen LogP contribution < -0.4 is 5.73 Å². The van der Waals surface area contributed by atoms with Crippen molar-refractivity contribution in [2.24, 2.45) is 11.7 Å². The average Bonchev–Trinajstić information content (AvgIpc) is 2.18. The van der Waals surface area contributed by atoms with E-state index in [1.165, 1.54) is 0 Å². The Morgan fingerprint density at radius 3 is 2.87 bits per heavy atom. The van der Waals surface area contributed by atoms with Crippen molar-refractivity contribution in [3.05, 3.63) is 0 Å². The molecular weight excluding hydrogens is 194 g/mol. The van der Waals surface area contributed by atoms with Crippen LogP contribution in [0.2, 0.25) is 0 Å². The van der Waals surface area contributed by atoms with Gasteiger partial charge in [-0.25, -0.2) is 0 Å². The molecule has 15 heavy (non-hydrogen) atoms. The van der Waals surface area contributed by atoms with Crippen LogP contribution in [0.15, 0.2) is 0 Å². The Bertz CT molecular complexity index is 208. The minimum absolute atomic E-state index is 0.00643. The molecule has 0 spiro atoms. The molecule has 1 aliphatic rings. The number of esters is 1. The second-order valence-corrected chi connectivity index (χ2v) is 4.33. The number of rotatable bonds is 4. The molecule has 3 atom stereocenters. The lowest BCUT2D eigenvalue weighted by molar-refractivity contribution is -0.156. The van der Waals surface area contributed by atoms with Gasteiger partial charge in [0.1, 0.15) is 6.10 Å². The van der Waals surface area contributed by atoms with E-state index in [4.69, 9.17) is 15.2 Å². The average molecular weight is 215 g/mol. The Hall–Kier alpha value is -0.610. The minimum Gasteiger partial charge on any atom is -0.460 e. The molecule has 88 valence electrons. The summed E-state index contributed by atoms with van der Waals surface area (Å²) in [4.78, 5) is 11.7. The number of hydrogen-bond donors (Lipinski definition) is 1. The lowest BCUT2D eigenvalue weighted by atomic mass is 9.86. The summed E-state index contributed by atoms with van der Waals surface area (Å²) in [5.74, 6) is -0.122. The van der Waals surface area contributed by atoms with Crippen molar-refractivity contribution >= 4 is 5.97 Å². The Morgan fingerprint density at radius 1 is 1.53 bits per heavy atom. The molecule has 0 heterocycles. The molecule has 0 bridgehead atoms. The second kappa shape index (κ2) is 6.08. The highest BCUT2D eigenvalue weighted by molar-refractivity contribution is 5.72. The predicted octanol–water partition coefficient (Wildman–Crippen LogP) is 1.08. The van der Waals surface area contributed by atoms with E-state index < -0.39 is 0 Å². The normalized spacial score (nSPS) is 28.5. The fourth-order valence-corrected chi connectivity index (χ4v) is 2.00. The van der Waals surface area contributed by atoms with Crippen molar-refractivity contribution < 1.29 is 14.3 Å². The standard InChI is InChI=1S/C11H21NO3/c1-8(7-14-2)15-11(13)9-4-3-5-10(12)6-9/h8-10H,3-7,12H2,1-2H3. The first kappa shape index (κ1) is 12.5. The van der Waals surface area contributed by atoms with E-state index in [0.717, 1.165) is 25.7 Å². The number of methoxy groups -OCH3 is 1. The first-order chi connectivity index (χ1) is 7.13. The molecule has 0 aromatic heterocycles. The van der Waals surface area contributed by atoms with Gasteiger partial charge in [-0.2, -0.15) is 0 Å². The van der Waals surface area contributed by atoms with Gasteiger partial charge in [0.25, 0.3) is 0 Å². The van der Waals surface area contributed by atoms with Crippen molar-refractivity contribution in [1.29, 1.82) is 0 Å². The summed E-state index contributed by atoms with van der Waals surface area (Å²) in [6.07, 6.45) is 3.56. The SMILES string of the molecule is COCC(C)OC(=O)C1CCCC(N)C1. The van der Waals surface area contributed by atoms with Crippen LogP contribution in [0, 0.1) is 5.92 Å². The zero-order chi connectivity index (χ0) is 11.3. The van der Waals surface area contributed by atoms with Crippen LogP contribution in [0.25, 0.3) is 0 Å². The van der Waals surface area contributed by atoms with Gasteiger partial charge in [-0.1, -0.05) is 6.42 Å². The van der Waals surface area contributed by atoms with Crippen LogP contribution in [-0.4, -0.2) is 31.8 Å². The molecule has 0 saturated heterocycles. The van der Waals surface area contributed by atoms with Crippen LogP contribution in [0.1, 0.15) is 32.6 Å². The van der Waals surface area contributed by atoms with Gasteiger partial charge in [0.2, 0.25) is 0 Å². The zero-order valence-corrected chi connectivity index (χ0v) is 9.57. The first-order valence-corrected chi connectivity index (χ1v) is 5.58. The highest BCUT2D eigenvalue weighted by Crippen LogP contribution is 2.24. The molecule has 0 aliphatic heterocycles. The number of nitrogens with two attached hydrogens (primary N) is 1. The van der Waals surface area contributed by atoms with Crippen LogP contribution in [-0.2, 0) is 14.3 Å². The van der Waals surface area contributed by atoms with Crippen molar-refractivity contribution in [3.63, 3.8) is 0 Å². The molecule has 0 aromatic rings. The van der Waals surface area contributed by atoms with E-state index in [-0.39, 0.29) is 24.0 Å².